The second-order valence-corrected chi connectivity index (χ2v) is 7.39. The summed E-state index contributed by atoms with van der Waals surface area (Å²) in [6, 6.07) is 6.09. The van der Waals surface area contributed by atoms with Gasteiger partial charge in [-0.15, -0.1) is 0 Å². The molecule has 0 radical (unpaired) electrons. The Morgan fingerprint density at radius 2 is 1.96 bits per heavy atom. The van der Waals surface area contributed by atoms with Gasteiger partial charge in [-0.25, -0.2) is 4.98 Å². The molecule has 1 aromatic carbocycles. The Hall–Kier alpha value is -2.05. The van der Waals surface area contributed by atoms with Gasteiger partial charge in [0.2, 0.25) is 0 Å². The Morgan fingerprint density at radius 1 is 1.22 bits per heavy atom. The number of likely N-dealkylation sites (tertiary alicyclic amines) is 1. The first kappa shape index (κ1) is 19.7. The number of benzene rings is 1. The summed E-state index contributed by atoms with van der Waals surface area (Å²) in [4.78, 5) is 7.13. The number of aryl methyl sites for hydroxylation is 1. The molecule has 1 N–H and O–H groups in total. The highest BCUT2D eigenvalue weighted by Crippen LogP contribution is 2.32. The highest BCUT2D eigenvalue weighted by atomic mass is 16.5. The molecular weight excluding hydrogens is 342 g/mol. The number of methoxy groups -OCH3 is 2. The summed E-state index contributed by atoms with van der Waals surface area (Å²) in [6.45, 7) is 7.18. The molecule has 0 spiro atoms. The molecule has 0 amide bonds. The molecule has 1 aliphatic heterocycles. The SMILES string of the molecule is COc1ccc(CN2CCC(c3ncc(C)n3[C@H](C)CO)CC2)c(OC)c1. The average molecular weight is 373 g/mol. The molecule has 148 valence electrons. The standard InChI is InChI=1S/C21H31N3O3/c1-15-12-22-21(24(15)16(2)14-25)17-7-9-23(10-8-17)13-18-5-6-19(26-3)11-20(18)27-4/h5-6,11-12,16-17,25H,7-10,13-14H2,1-4H3/t16-/m1/s1. The first-order valence-corrected chi connectivity index (χ1v) is 9.65. The Labute approximate surface area is 161 Å². The molecule has 3 rings (SSSR count). The van der Waals surface area contributed by atoms with Crippen molar-refractivity contribution in [3.8, 4) is 11.5 Å². The lowest BCUT2D eigenvalue weighted by Crippen LogP contribution is -2.33. The minimum absolute atomic E-state index is 0.0732. The van der Waals surface area contributed by atoms with Gasteiger partial charge in [0.05, 0.1) is 26.9 Å². The molecule has 0 unspecified atom stereocenters. The zero-order chi connectivity index (χ0) is 19.4. The zero-order valence-corrected chi connectivity index (χ0v) is 16.8. The molecule has 0 bridgehead atoms. The molecule has 1 fully saturated rings. The van der Waals surface area contributed by atoms with Gasteiger partial charge in [0.1, 0.15) is 17.3 Å². The summed E-state index contributed by atoms with van der Waals surface area (Å²) in [5, 5.41) is 9.57. The fourth-order valence-corrected chi connectivity index (χ4v) is 3.99. The average Bonchev–Trinajstić information content (AvgIpc) is 3.09. The molecule has 6 heteroatoms. The predicted octanol–water partition coefficient (Wildman–Crippen LogP) is 3.14. The second-order valence-electron chi connectivity index (χ2n) is 7.39. The van der Waals surface area contributed by atoms with E-state index in [4.69, 9.17) is 9.47 Å². The molecule has 1 saturated heterocycles. The number of rotatable bonds is 7. The van der Waals surface area contributed by atoms with Gasteiger partial charge in [0.25, 0.3) is 0 Å². The van der Waals surface area contributed by atoms with E-state index in [9.17, 15) is 5.11 Å². The summed E-state index contributed by atoms with van der Waals surface area (Å²) in [5.41, 5.74) is 2.31. The topological polar surface area (TPSA) is 59.8 Å². The lowest BCUT2D eigenvalue weighted by Gasteiger charge is -2.33. The quantitative estimate of drug-likeness (QED) is 0.808. The molecule has 2 heterocycles. The van der Waals surface area contributed by atoms with E-state index >= 15 is 0 Å². The lowest BCUT2D eigenvalue weighted by atomic mass is 9.95. The number of aromatic nitrogens is 2. The molecule has 1 atom stereocenters. The number of aliphatic hydroxyl groups is 1. The van der Waals surface area contributed by atoms with E-state index in [1.807, 2.05) is 25.3 Å². The van der Waals surface area contributed by atoms with Crippen LogP contribution in [-0.4, -0.2) is 53.5 Å². The molecule has 27 heavy (non-hydrogen) atoms. The van der Waals surface area contributed by atoms with E-state index in [0.29, 0.717) is 5.92 Å². The highest BCUT2D eigenvalue weighted by Gasteiger charge is 2.26. The van der Waals surface area contributed by atoms with Crippen molar-refractivity contribution in [2.45, 2.75) is 45.2 Å². The van der Waals surface area contributed by atoms with E-state index in [1.54, 1.807) is 14.2 Å². The van der Waals surface area contributed by atoms with Crippen LogP contribution in [-0.2, 0) is 6.54 Å². The third kappa shape index (κ3) is 4.28. The van der Waals surface area contributed by atoms with Crippen molar-refractivity contribution < 1.29 is 14.6 Å². The van der Waals surface area contributed by atoms with Gasteiger partial charge in [0.15, 0.2) is 0 Å². The fourth-order valence-electron chi connectivity index (χ4n) is 3.99. The third-order valence-electron chi connectivity index (χ3n) is 5.56. The Kier molecular flexibility index (Phi) is 6.39. The van der Waals surface area contributed by atoms with Crippen LogP contribution in [0.5, 0.6) is 11.5 Å². The number of piperidine rings is 1. The van der Waals surface area contributed by atoms with Crippen molar-refractivity contribution in [3.63, 3.8) is 0 Å². The molecule has 0 saturated carbocycles. The molecular formula is C21H31N3O3. The Bertz CT molecular complexity index is 751. The van der Waals surface area contributed by atoms with Crippen LogP contribution in [0.1, 0.15) is 48.8 Å². The Morgan fingerprint density at radius 3 is 2.59 bits per heavy atom. The maximum absolute atomic E-state index is 9.57. The molecule has 0 aliphatic carbocycles. The fraction of sp³-hybridized carbons (Fsp3) is 0.571. The zero-order valence-electron chi connectivity index (χ0n) is 16.8. The van der Waals surface area contributed by atoms with Gasteiger partial charge in [-0.05, 0) is 45.8 Å². The van der Waals surface area contributed by atoms with Crippen molar-refractivity contribution in [2.75, 3.05) is 33.9 Å². The normalized spacial score (nSPS) is 17.1. The number of imidazole rings is 1. The minimum atomic E-state index is 0.0732. The Balaban J connectivity index is 1.65. The van der Waals surface area contributed by atoms with Crippen LogP contribution < -0.4 is 9.47 Å². The van der Waals surface area contributed by atoms with Crippen molar-refractivity contribution in [3.05, 3.63) is 41.5 Å². The number of hydrogen-bond donors (Lipinski definition) is 1. The first-order valence-electron chi connectivity index (χ1n) is 9.65. The first-order chi connectivity index (χ1) is 13.1. The number of hydrogen-bond acceptors (Lipinski definition) is 5. The van der Waals surface area contributed by atoms with Gasteiger partial charge in [-0.2, -0.15) is 0 Å². The molecule has 1 aliphatic rings. The predicted molar refractivity (Wildman–Crippen MR) is 106 cm³/mol. The molecule has 2 aromatic rings. The minimum Gasteiger partial charge on any atom is -0.497 e. The third-order valence-corrected chi connectivity index (χ3v) is 5.56. The van der Waals surface area contributed by atoms with E-state index in [0.717, 1.165) is 55.5 Å². The molecule has 6 nitrogen and oxygen atoms in total. The number of ether oxygens (including phenoxy) is 2. The van der Waals surface area contributed by atoms with E-state index in [2.05, 4.69) is 27.4 Å². The van der Waals surface area contributed by atoms with Gasteiger partial charge in [-0.1, -0.05) is 6.07 Å². The maximum atomic E-state index is 9.57. The van der Waals surface area contributed by atoms with Crippen LogP contribution in [0.2, 0.25) is 0 Å². The van der Waals surface area contributed by atoms with Crippen LogP contribution in [0.3, 0.4) is 0 Å². The number of nitrogens with zero attached hydrogens (tertiary/aromatic N) is 3. The number of aliphatic hydroxyl groups excluding tert-OH is 1. The van der Waals surface area contributed by atoms with E-state index in [-0.39, 0.29) is 12.6 Å². The van der Waals surface area contributed by atoms with E-state index < -0.39 is 0 Å². The second kappa shape index (κ2) is 8.76. The summed E-state index contributed by atoms with van der Waals surface area (Å²) < 4.78 is 13.0. The van der Waals surface area contributed by atoms with Crippen LogP contribution in [0.15, 0.2) is 24.4 Å². The summed E-state index contributed by atoms with van der Waals surface area (Å²) >= 11 is 0. The summed E-state index contributed by atoms with van der Waals surface area (Å²) in [5.74, 6) is 3.26. The van der Waals surface area contributed by atoms with Crippen LogP contribution in [0.25, 0.3) is 0 Å². The van der Waals surface area contributed by atoms with Crippen LogP contribution >= 0.6 is 0 Å². The van der Waals surface area contributed by atoms with Crippen LogP contribution in [0.4, 0.5) is 0 Å². The monoisotopic (exact) mass is 373 g/mol. The van der Waals surface area contributed by atoms with Crippen molar-refractivity contribution in [1.29, 1.82) is 0 Å². The molecule has 1 aromatic heterocycles. The van der Waals surface area contributed by atoms with Crippen molar-refractivity contribution >= 4 is 0 Å². The lowest BCUT2D eigenvalue weighted by molar-refractivity contribution is 0.192. The van der Waals surface area contributed by atoms with Gasteiger partial charge in [-0.3, -0.25) is 4.90 Å². The highest BCUT2D eigenvalue weighted by molar-refractivity contribution is 5.40. The van der Waals surface area contributed by atoms with Gasteiger partial charge < -0.3 is 19.1 Å². The van der Waals surface area contributed by atoms with Gasteiger partial charge >= 0.3 is 0 Å². The van der Waals surface area contributed by atoms with Gasteiger partial charge in [0, 0.05) is 36.0 Å². The maximum Gasteiger partial charge on any atom is 0.127 e. The van der Waals surface area contributed by atoms with Crippen molar-refractivity contribution in [1.82, 2.24) is 14.5 Å². The summed E-state index contributed by atoms with van der Waals surface area (Å²) in [6.07, 6.45) is 4.08. The smallest absolute Gasteiger partial charge is 0.127 e. The largest absolute Gasteiger partial charge is 0.497 e. The van der Waals surface area contributed by atoms with Crippen LogP contribution in [0, 0.1) is 6.92 Å². The summed E-state index contributed by atoms with van der Waals surface area (Å²) in [7, 11) is 3.37. The van der Waals surface area contributed by atoms with Crippen molar-refractivity contribution in [2.24, 2.45) is 0 Å². The van der Waals surface area contributed by atoms with E-state index in [1.165, 1.54) is 5.56 Å².